The lowest BCUT2D eigenvalue weighted by atomic mass is 9.78. The Hall–Kier alpha value is -1.03. The van der Waals surface area contributed by atoms with Crippen LogP contribution in [0.25, 0.3) is 0 Å². The summed E-state index contributed by atoms with van der Waals surface area (Å²) in [4.78, 5) is 6.89. The Balaban J connectivity index is 1.70. The van der Waals surface area contributed by atoms with E-state index in [1.165, 1.54) is 25.7 Å². The highest BCUT2D eigenvalue weighted by atomic mass is 16.4. The first-order valence-electron chi connectivity index (χ1n) is 6.69. The number of nitrogens with one attached hydrogen (secondary N) is 1. The third-order valence-electron chi connectivity index (χ3n) is 4.02. The monoisotopic (exact) mass is 235 g/mol. The van der Waals surface area contributed by atoms with Crippen LogP contribution < -0.4 is 10.2 Å². The highest BCUT2D eigenvalue weighted by Crippen LogP contribution is 2.35. The molecule has 4 heteroatoms. The first kappa shape index (κ1) is 11.1. The molecule has 0 spiro atoms. The van der Waals surface area contributed by atoms with Crippen LogP contribution in [-0.4, -0.2) is 25.1 Å². The van der Waals surface area contributed by atoms with Crippen LogP contribution in [0.5, 0.6) is 0 Å². The summed E-state index contributed by atoms with van der Waals surface area (Å²) in [5, 5.41) is 3.10. The number of hydrogen-bond donors (Lipinski definition) is 1. The molecule has 3 rings (SSSR count). The zero-order chi connectivity index (χ0) is 11.7. The van der Waals surface area contributed by atoms with Crippen LogP contribution in [-0.2, 0) is 6.54 Å². The lowest BCUT2D eigenvalue weighted by molar-refractivity contribution is 0.225. The maximum atomic E-state index is 5.60. The molecule has 1 saturated heterocycles. The van der Waals surface area contributed by atoms with Gasteiger partial charge in [-0.1, -0.05) is 6.42 Å². The Morgan fingerprint density at radius 3 is 2.88 bits per heavy atom. The van der Waals surface area contributed by atoms with Crippen molar-refractivity contribution in [2.24, 2.45) is 11.8 Å². The number of rotatable bonds is 3. The molecule has 1 aromatic rings. The minimum absolute atomic E-state index is 0.782. The molecule has 2 fully saturated rings. The van der Waals surface area contributed by atoms with Gasteiger partial charge in [0.25, 0.3) is 6.01 Å². The van der Waals surface area contributed by atoms with Crippen molar-refractivity contribution < 1.29 is 4.42 Å². The SMILES string of the molecule is CNCc1coc(N2CC3CCCC(C3)C2)n1. The van der Waals surface area contributed by atoms with Crippen LogP contribution in [0.15, 0.2) is 10.7 Å². The Kier molecular flexibility index (Phi) is 3.05. The van der Waals surface area contributed by atoms with E-state index in [0.717, 1.165) is 43.2 Å². The molecular weight excluding hydrogens is 214 g/mol. The first-order chi connectivity index (χ1) is 8.35. The molecule has 2 atom stereocenters. The first-order valence-corrected chi connectivity index (χ1v) is 6.69. The van der Waals surface area contributed by atoms with Gasteiger partial charge in [-0.2, -0.15) is 4.98 Å². The molecule has 2 aliphatic rings. The summed E-state index contributed by atoms with van der Waals surface area (Å²) in [5.41, 5.74) is 0.998. The second-order valence-electron chi connectivity index (χ2n) is 5.46. The summed E-state index contributed by atoms with van der Waals surface area (Å²) >= 11 is 0. The molecule has 1 aliphatic carbocycles. The molecular formula is C13H21N3O. The van der Waals surface area contributed by atoms with E-state index in [-0.39, 0.29) is 0 Å². The maximum absolute atomic E-state index is 5.60. The number of oxazole rings is 1. The lowest BCUT2D eigenvalue weighted by Crippen LogP contribution is -2.42. The molecule has 2 bridgehead atoms. The summed E-state index contributed by atoms with van der Waals surface area (Å²) in [7, 11) is 1.93. The highest BCUT2D eigenvalue weighted by molar-refractivity contribution is 5.28. The Bertz CT molecular complexity index is 364. The fourth-order valence-electron chi connectivity index (χ4n) is 3.29. The van der Waals surface area contributed by atoms with Gasteiger partial charge in [-0.05, 0) is 38.1 Å². The van der Waals surface area contributed by atoms with E-state index in [4.69, 9.17) is 4.42 Å². The van der Waals surface area contributed by atoms with Crippen LogP contribution >= 0.6 is 0 Å². The van der Waals surface area contributed by atoms with E-state index in [1.54, 1.807) is 6.26 Å². The molecule has 1 N–H and O–H groups in total. The number of nitrogens with zero attached hydrogens (tertiary/aromatic N) is 2. The number of aromatic nitrogens is 1. The smallest absolute Gasteiger partial charge is 0.297 e. The van der Waals surface area contributed by atoms with Crippen molar-refractivity contribution in [3.8, 4) is 0 Å². The van der Waals surface area contributed by atoms with Crippen LogP contribution in [0.2, 0.25) is 0 Å². The summed E-state index contributed by atoms with van der Waals surface area (Å²) in [6.07, 6.45) is 7.38. The van der Waals surface area contributed by atoms with Crippen molar-refractivity contribution in [2.75, 3.05) is 25.0 Å². The molecule has 0 aromatic carbocycles. The van der Waals surface area contributed by atoms with Crippen molar-refractivity contribution in [1.29, 1.82) is 0 Å². The second-order valence-corrected chi connectivity index (χ2v) is 5.46. The van der Waals surface area contributed by atoms with Gasteiger partial charge in [0.2, 0.25) is 0 Å². The van der Waals surface area contributed by atoms with Gasteiger partial charge < -0.3 is 14.6 Å². The molecule has 1 aliphatic heterocycles. The largest absolute Gasteiger partial charge is 0.432 e. The minimum Gasteiger partial charge on any atom is -0.432 e. The van der Waals surface area contributed by atoms with Gasteiger partial charge in [0.05, 0.1) is 5.69 Å². The van der Waals surface area contributed by atoms with Gasteiger partial charge in [0.15, 0.2) is 0 Å². The Labute approximate surface area is 102 Å². The van der Waals surface area contributed by atoms with Crippen LogP contribution in [0, 0.1) is 11.8 Å². The predicted octanol–water partition coefficient (Wildman–Crippen LogP) is 2.02. The minimum atomic E-state index is 0.782. The van der Waals surface area contributed by atoms with Crippen LogP contribution in [0.1, 0.15) is 31.4 Å². The van der Waals surface area contributed by atoms with Crippen LogP contribution in [0.3, 0.4) is 0 Å². The van der Waals surface area contributed by atoms with Gasteiger partial charge in [0.1, 0.15) is 6.26 Å². The standard InChI is InChI=1S/C13H21N3O/c1-14-6-12-9-17-13(15-12)16-7-10-3-2-4-11(5-10)8-16/h9-11,14H,2-8H2,1H3. The lowest BCUT2D eigenvalue weighted by Gasteiger charge is -2.40. The average molecular weight is 235 g/mol. The second kappa shape index (κ2) is 4.69. The molecule has 2 heterocycles. The molecule has 1 aromatic heterocycles. The molecule has 0 amide bonds. The predicted molar refractivity (Wildman–Crippen MR) is 66.9 cm³/mol. The molecule has 17 heavy (non-hydrogen) atoms. The third kappa shape index (κ3) is 2.32. The normalized spacial score (nSPS) is 28.4. The van der Waals surface area contributed by atoms with Crippen LogP contribution in [0.4, 0.5) is 6.01 Å². The Morgan fingerprint density at radius 1 is 1.41 bits per heavy atom. The van der Waals surface area contributed by atoms with E-state index < -0.39 is 0 Å². The summed E-state index contributed by atoms with van der Waals surface area (Å²) in [6, 6.07) is 0.826. The van der Waals surface area contributed by atoms with E-state index in [1.807, 2.05) is 7.05 Å². The fourth-order valence-corrected chi connectivity index (χ4v) is 3.29. The van der Waals surface area contributed by atoms with Crippen molar-refractivity contribution >= 4 is 6.01 Å². The molecule has 1 saturated carbocycles. The fraction of sp³-hybridized carbons (Fsp3) is 0.769. The van der Waals surface area contributed by atoms with Gasteiger partial charge >= 0.3 is 0 Å². The number of fused-ring (bicyclic) bond motifs is 2. The summed E-state index contributed by atoms with van der Waals surface area (Å²) in [5.74, 6) is 1.73. The van der Waals surface area contributed by atoms with Crippen molar-refractivity contribution in [3.63, 3.8) is 0 Å². The van der Waals surface area contributed by atoms with Crippen molar-refractivity contribution in [2.45, 2.75) is 32.2 Å². The van der Waals surface area contributed by atoms with E-state index in [2.05, 4.69) is 15.2 Å². The zero-order valence-corrected chi connectivity index (χ0v) is 10.5. The average Bonchev–Trinajstić information content (AvgIpc) is 2.78. The molecule has 0 radical (unpaired) electrons. The van der Waals surface area contributed by atoms with E-state index in [0.29, 0.717) is 0 Å². The maximum Gasteiger partial charge on any atom is 0.297 e. The number of anilines is 1. The number of hydrogen-bond acceptors (Lipinski definition) is 4. The topological polar surface area (TPSA) is 41.3 Å². The third-order valence-corrected chi connectivity index (χ3v) is 4.02. The summed E-state index contributed by atoms with van der Waals surface area (Å²) in [6.45, 7) is 3.05. The summed E-state index contributed by atoms with van der Waals surface area (Å²) < 4.78 is 5.60. The molecule has 2 unspecified atom stereocenters. The van der Waals surface area contributed by atoms with E-state index in [9.17, 15) is 0 Å². The quantitative estimate of drug-likeness (QED) is 0.870. The van der Waals surface area contributed by atoms with Crippen molar-refractivity contribution in [1.82, 2.24) is 10.3 Å². The molecule has 4 nitrogen and oxygen atoms in total. The highest BCUT2D eigenvalue weighted by Gasteiger charge is 2.32. The van der Waals surface area contributed by atoms with Gasteiger partial charge in [0, 0.05) is 19.6 Å². The Morgan fingerprint density at radius 2 is 2.18 bits per heavy atom. The van der Waals surface area contributed by atoms with Crippen molar-refractivity contribution in [3.05, 3.63) is 12.0 Å². The van der Waals surface area contributed by atoms with Gasteiger partial charge in [-0.3, -0.25) is 0 Å². The zero-order valence-electron chi connectivity index (χ0n) is 10.5. The van der Waals surface area contributed by atoms with Gasteiger partial charge in [-0.15, -0.1) is 0 Å². The molecule has 94 valence electrons. The van der Waals surface area contributed by atoms with E-state index >= 15 is 0 Å². The van der Waals surface area contributed by atoms with Gasteiger partial charge in [-0.25, -0.2) is 0 Å². The number of piperidine rings is 1.